The monoisotopic (exact) mass is 230 g/mol. The van der Waals surface area contributed by atoms with E-state index < -0.39 is 11.8 Å². The summed E-state index contributed by atoms with van der Waals surface area (Å²) < 4.78 is 25.8. The minimum atomic E-state index is -2.48. The number of halogens is 2. The second-order valence-corrected chi connectivity index (χ2v) is 4.51. The van der Waals surface area contributed by atoms with E-state index in [1.54, 1.807) is 0 Å². The van der Waals surface area contributed by atoms with E-state index in [2.05, 4.69) is 0 Å². The molecule has 1 unspecified atom stereocenters. The highest BCUT2D eigenvalue weighted by molar-refractivity contribution is 5.63. The smallest absolute Gasteiger partial charge is 0.206 e. The van der Waals surface area contributed by atoms with Crippen molar-refractivity contribution in [2.24, 2.45) is 0 Å². The Hall–Kier alpha value is -1.70. The fourth-order valence-electron chi connectivity index (χ4n) is 2.11. The molecule has 0 aliphatic heterocycles. The lowest BCUT2D eigenvalue weighted by molar-refractivity contribution is 0.112. The van der Waals surface area contributed by atoms with Crippen LogP contribution in [0.1, 0.15) is 17.9 Å². The molecule has 1 aliphatic rings. The molecule has 0 aromatic heterocycles. The van der Waals surface area contributed by atoms with Crippen molar-refractivity contribution < 1.29 is 8.78 Å². The third kappa shape index (κ3) is 1.95. The standard InChI is InChI=1S/C15H12F2/c16-15(17)10-14(15)13-8-6-12(7-9-13)11-4-2-1-3-5-11/h1-9,14H,10H2. The van der Waals surface area contributed by atoms with Crippen LogP contribution in [-0.2, 0) is 0 Å². The summed E-state index contributed by atoms with van der Waals surface area (Å²) in [6.45, 7) is 0. The first-order valence-electron chi connectivity index (χ1n) is 5.70. The Morgan fingerprint density at radius 1 is 0.824 bits per heavy atom. The summed E-state index contributed by atoms with van der Waals surface area (Å²) >= 11 is 0. The van der Waals surface area contributed by atoms with Crippen LogP contribution in [0.5, 0.6) is 0 Å². The van der Waals surface area contributed by atoms with Gasteiger partial charge in [0.05, 0.1) is 5.92 Å². The van der Waals surface area contributed by atoms with Crippen molar-refractivity contribution in [2.45, 2.75) is 18.3 Å². The van der Waals surface area contributed by atoms with Crippen LogP contribution in [-0.4, -0.2) is 5.92 Å². The van der Waals surface area contributed by atoms with Gasteiger partial charge in [0.1, 0.15) is 0 Å². The molecule has 0 nitrogen and oxygen atoms in total. The van der Waals surface area contributed by atoms with Gasteiger partial charge in [-0.05, 0) is 16.7 Å². The fraction of sp³-hybridized carbons (Fsp3) is 0.200. The molecule has 3 rings (SSSR count). The van der Waals surface area contributed by atoms with Crippen molar-refractivity contribution in [1.29, 1.82) is 0 Å². The lowest BCUT2D eigenvalue weighted by Crippen LogP contribution is -1.92. The predicted octanol–water partition coefficient (Wildman–Crippen LogP) is 4.48. The van der Waals surface area contributed by atoms with Crippen LogP contribution >= 0.6 is 0 Å². The van der Waals surface area contributed by atoms with Crippen LogP contribution < -0.4 is 0 Å². The summed E-state index contributed by atoms with van der Waals surface area (Å²) in [4.78, 5) is 0. The third-order valence-corrected chi connectivity index (χ3v) is 3.25. The number of benzene rings is 2. The SMILES string of the molecule is FC1(F)CC1c1ccc(-c2ccccc2)cc1. The first-order valence-corrected chi connectivity index (χ1v) is 5.70. The Balaban J connectivity index is 1.87. The van der Waals surface area contributed by atoms with Crippen LogP contribution in [0.25, 0.3) is 11.1 Å². The summed E-state index contributed by atoms with van der Waals surface area (Å²) in [7, 11) is 0. The number of hydrogen-bond donors (Lipinski definition) is 0. The minimum absolute atomic E-state index is 0.00230. The summed E-state index contributed by atoms with van der Waals surface area (Å²) in [6, 6.07) is 17.4. The van der Waals surface area contributed by atoms with Crippen LogP contribution in [0.2, 0.25) is 0 Å². The van der Waals surface area contributed by atoms with E-state index in [-0.39, 0.29) is 6.42 Å². The largest absolute Gasteiger partial charge is 0.255 e. The lowest BCUT2D eigenvalue weighted by atomic mass is 10.0. The van der Waals surface area contributed by atoms with E-state index in [0.717, 1.165) is 16.7 Å². The van der Waals surface area contributed by atoms with E-state index in [1.165, 1.54) is 0 Å². The van der Waals surface area contributed by atoms with E-state index in [1.807, 2.05) is 54.6 Å². The van der Waals surface area contributed by atoms with Crippen LogP contribution in [0.15, 0.2) is 54.6 Å². The highest BCUT2D eigenvalue weighted by atomic mass is 19.3. The molecule has 0 spiro atoms. The molecule has 0 N–H and O–H groups in total. The van der Waals surface area contributed by atoms with Crippen LogP contribution in [0.4, 0.5) is 8.78 Å². The topological polar surface area (TPSA) is 0 Å². The zero-order chi connectivity index (χ0) is 11.9. The van der Waals surface area contributed by atoms with Crippen LogP contribution in [0.3, 0.4) is 0 Å². The van der Waals surface area contributed by atoms with Gasteiger partial charge < -0.3 is 0 Å². The van der Waals surface area contributed by atoms with Gasteiger partial charge in [0.2, 0.25) is 0 Å². The average Bonchev–Trinajstić information content (AvgIpc) is 3.00. The molecule has 0 saturated heterocycles. The van der Waals surface area contributed by atoms with Gasteiger partial charge in [-0.3, -0.25) is 0 Å². The molecule has 1 saturated carbocycles. The second-order valence-electron chi connectivity index (χ2n) is 4.51. The van der Waals surface area contributed by atoms with Gasteiger partial charge in [-0.2, -0.15) is 0 Å². The van der Waals surface area contributed by atoms with E-state index in [0.29, 0.717) is 0 Å². The molecule has 1 aliphatic carbocycles. The Morgan fingerprint density at radius 3 is 1.88 bits per heavy atom. The quantitative estimate of drug-likeness (QED) is 0.713. The summed E-state index contributed by atoms with van der Waals surface area (Å²) in [5.74, 6) is -3.04. The molecule has 0 bridgehead atoms. The first-order chi connectivity index (χ1) is 8.17. The Kier molecular flexibility index (Phi) is 2.25. The molecule has 0 heterocycles. The number of hydrogen-bond acceptors (Lipinski definition) is 0. The summed E-state index contributed by atoms with van der Waals surface area (Å²) in [6.07, 6.45) is -0.00230. The first kappa shape index (κ1) is 10.5. The minimum Gasteiger partial charge on any atom is -0.206 e. The molecule has 1 fully saturated rings. The predicted molar refractivity (Wildman–Crippen MR) is 64.2 cm³/mol. The van der Waals surface area contributed by atoms with Gasteiger partial charge in [-0.1, -0.05) is 54.6 Å². The van der Waals surface area contributed by atoms with Gasteiger partial charge in [0.25, 0.3) is 5.92 Å². The van der Waals surface area contributed by atoms with Crippen molar-refractivity contribution in [3.05, 3.63) is 60.2 Å². The zero-order valence-corrected chi connectivity index (χ0v) is 9.24. The fourth-order valence-corrected chi connectivity index (χ4v) is 2.11. The molecular formula is C15H12F2. The van der Waals surface area contributed by atoms with E-state index in [4.69, 9.17) is 0 Å². The van der Waals surface area contributed by atoms with Crippen molar-refractivity contribution >= 4 is 0 Å². The average molecular weight is 230 g/mol. The molecule has 2 heteroatoms. The van der Waals surface area contributed by atoms with Crippen molar-refractivity contribution in [3.63, 3.8) is 0 Å². The zero-order valence-electron chi connectivity index (χ0n) is 9.24. The van der Waals surface area contributed by atoms with E-state index >= 15 is 0 Å². The van der Waals surface area contributed by atoms with Gasteiger partial charge in [0.15, 0.2) is 0 Å². The third-order valence-electron chi connectivity index (χ3n) is 3.25. The molecule has 86 valence electrons. The molecule has 17 heavy (non-hydrogen) atoms. The maximum absolute atomic E-state index is 12.9. The van der Waals surface area contributed by atoms with Gasteiger partial charge in [-0.25, -0.2) is 8.78 Å². The number of alkyl halides is 2. The molecule has 0 radical (unpaired) electrons. The summed E-state index contributed by atoms with van der Waals surface area (Å²) in [5.41, 5.74) is 2.93. The Morgan fingerprint density at radius 2 is 1.35 bits per heavy atom. The molecular weight excluding hydrogens is 218 g/mol. The number of rotatable bonds is 2. The van der Waals surface area contributed by atoms with Gasteiger partial charge in [0, 0.05) is 6.42 Å². The normalized spacial score (nSPS) is 21.2. The van der Waals surface area contributed by atoms with Crippen LogP contribution in [0, 0.1) is 0 Å². The molecule has 2 aromatic rings. The lowest BCUT2D eigenvalue weighted by Gasteiger charge is -2.03. The Labute approximate surface area is 98.9 Å². The maximum Gasteiger partial charge on any atom is 0.255 e. The van der Waals surface area contributed by atoms with Crippen molar-refractivity contribution in [3.8, 4) is 11.1 Å². The van der Waals surface area contributed by atoms with Crippen molar-refractivity contribution in [1.82, 2.24) is 0 Å². The molecule has 1 atom stereocenters. The highest BCUT2D eigenvalue weighted by Gasteiger charge is 2.57. The molecule has 0 amide bonds. The van der Waals surface area contributed by atoms with Gasteiger partial charge in [-0.15, -0.1) is 0 Å². The summed E-state index contributed by atoms with van der Waals surface area (Å²) in [5, 5.41) is 0. The van der Waals surface area contributed by atoms with Crippen molar-refractivity contribution in [2.75, 3.05) is 0 Å². The maximum atomic E-state index is 12.9. The molecule has 2 aromatic carbocycles. The Bertz CT molecular complexity index is 514. The second kappa shape index (κ2) is 3.66. The highest BCUT2D eigenvalue weighted by Crippen LogP contribution is 2.55. The van der Waals surface area contributed by atoms with Gasteiger partial charge >= 0.3 is 0 Å². The van der Waals surface area contributed by atoms with E-state index in [9.17, 15) is 8.78 Å².